The molecule has 0 bridgehead atoms. The van der Waals surface area contributed by atoms with Crippen LogP contribution < -0.4 is 25.5 Å². The van der Waals surface area contributed by atoms with Gasteiger partial charge in [-0.2, -0.15) is 5.10 Å². The molecule has 0 fully saturated rings. The number of hydrogen-bond acceptors (Lipinski definition) is 10. The quantitative estimate of drug-likeness (QED) is 0.123. The Kier molecular flexibility index (Phi) is 9.62. The van der Waals surface area contributed by atoms with Gasteiger partial charge in [0.2, 0.25) is 0 Å². The normalized spacial score (nSPS) is 14.6. The van der Waals surface area contributed by atoms with Crippen molar-refractivity contribution in [3.8, 4) is 22.8 Å². The smallest absolute Gasteiger partial charge is 0.338 e. The number of ether oxygens (including phenoxy) is 3. The molecule has 0 saturated carbocycles. The number of benzene rings is 2. The highest BCUT2D eigenvalue weighted by atomic mass is 35.5. The molecular formula is C28H26ClN5O9. The molecule has 3 amide bonds. The van der Waals surface area contributed by atoms with Gasteiger partial charge >= 0.3 is 12.0 Å². The van der Waals surface area contributed by atoms with Crippen molar-refractivity contribution in [3.63, 3.8) is 0 Å². The van der Waals surface area contributed by atoms with Crippen molar-refractivity contribution in [2.24, 2.45) is 5.10 Å². The van der Waals surface area contributed by atoms with E-state index in [0.717, 1.165) is 0 Å². The topological polar surface area (TPSA) is 184 Å². The summed E-state index contributed by atoms with van der Waals surface area (Å²) < 4.78 is 21.7. The molecule has 1 atom stereocenters. The number of nitrogens with zero attached hydrogens (tertiary/aromatic N) is 2. The number of urea groups is 1. The number of esters is 1. The average Bonchev–Trinajstić information content (AvgIpc) is 3.44. The van der Waals surface area contributed by atoms with Gasteiger partial charge in [-0.15, -0.1) is 0 Å². The van der Waals surface area contributed by atoms with E-state index >= 15 is 0 Å². The molecule has 4 rings (SSSR count). The molecule has 14 nitrogen and oxygen atoms in total. The first-order valence-corrected chi connectivity index (χ1v) is 13.1. The van der Waals surface area contributed by atoms with Gasteiger partial charge in [0, 0.05) is 16.8 Å². The number of rotatable bonds is 11. The van der Waals surface area contributed by atoms with Crippen LogP contribution in [-0.4, -0.2) is 49.4 Å². The first kappa shape index (κ1) is 30.6. The van der Waals surface area contributed by atoms with E-state index in [2.05, 4.69) is 21.2 Å². The molecule has 2 aromatic carbocycles. The number of carbonyl (C=O) groups is 3. The maximum absolute atomic E-state index is 12.6. The Bertz CT molecular complexity index is 1630. The fourth-order valence-corrected chi connectivity index (χ4v) is 4.35. The molecule has 1 aliphatic rings. The molecule has 3 N–H and O–H groups in total. The van der Waals surface area contributed by atoms with Crippen LogP contribution in [0.3, 0.4) is 0 Å². The third-order valence-electron chi connectivity index (χ3n) is 6.07. The van der Waals surface area contributed by atoms with Crippen LogP contribution in [0.2, 0.25) is 5.02 Å². The number of carbonyl (C=O) groups excluding carboxylic acids is 3. The Hall–Kier alpha value is -5.37. The van der Waals surface area contributed by atoms with Crippen LogP contribution in [0.25, 0.3) is 11.3 Å². The summed E-state index contributed by atoms with van der Waals surface area (Å²) in [5.74, 6) is -0.248. The maximum atomic E-state index is 12.6. The molecule has 1 aromatic heterocycles. The van der Waals surface area contributed by atoms with E-state index in [4.69, 9.17) is 30.2 Å². The maximum Gasteiger partial charge on any atom is 0.338 e. The van der Waals surface area contributed by atoms with E-state index in [1.165, 1.54) is 49.7 Å². The Morgan fingerprint density at radius 2 is 1.98 bits per heavy atom. The van der Waals surface area contributed by atoms with Crippen LogP contribution in [0, 0.1) is 10.1 Å². The Balaban J connectivity index is 1.39. The largest absolute Gasteiger partial charge is 0.493 e. The van der Waals surface area contributed by atoms with Crippen molar-refractivity contribution in [1.82, 2.24) is 16.1 Å². The van der Waals surface area contributed by atoms with Gasteiger partial charge in [0.05, 0.1) is 42.0 Å². The van der Waals surface area contributed by atoms with Crippen LogP contribution >= 0.6 is 11.6 Å². The van der Waals surface area contributed by atoms with Gasteiger partial charge in [-0.3, -0.25) is 14.9 Å². The highest BCUT2D eigenvalue weighted by Gasteiger charge is 2.32. The minimum Gasteiger partial charge on any atom is -0.493 e. The van der Waals surface area contributed by atoms with E-state index < -0.39 is 35.5 Å². The summed E-state index contributed by atoms with van der Waals surface area (Å²) in [6.45, 7) is 3.02. The molecule has 43 heavy (non-hydrogen) atoms. The Morgan fingerprint density at radius 3 is 2.70 bits per heavy atom. The number of furan rings is 1. The van der Waals surface area contributed by atoms with Gasteiger partial charge in [0.25, 0.3) is 11.6 Å². The average molecular weight is 612 g/mol. The van der Waals surface area contributed by atoms with Crippen LogP contribution in [-0.2, 0) is 14.3 Å². The minimum atomic E-state index is -0.804. The van der Waals surface area contributed by atoms with E-state index in [1.54, 1.807) is 26.0 Å². The van der Waals surface area contributed by atoms with E-state index in [-0.39, 0.29) is 51.5 Å². The monoisotopic (exact) mass is 611 g/mol. The van der Waals surface area contributed by atoms with Gasteiger partial charge in [-0.25, -0.2) is 15.0 Å². The van der Waals surface area contributed by atoms with Crippen molar-refractivity contribution < 1.29 is 37.9 Å². The molecule has 0 aliphatic carbocycles. The van der Waals surface area contributed by atoms with Crippen LogP contribution in [0.1, 0.15) is 31.2 Å². The number of nitro groups is 1. The van der Waals surface area contributed by atoms with Crippen molar-refractivity contribution in [2.45, 2.75) is 19.9 Å². The lowest BCUT2D eigenvalue weighted by atomic mass is 9.95. The van der Waals surface area contributed by atoms with Crippen LogP contribution in [0.5, 0.6) is 11.5 Å². The molecule has 224 valence electrons. The molecule has 0 unspecified atom stereocenters. The fourth-order valence-electron chi connectivity index (χ4n) is 4.18. The second-order valence-electron chi connectivity index (χ2n) is 8.90. The number of halogens is 1. The SMILES string of the molecule is CCOC(=O)C1=C(C)NC(=O)N[C@H]1c1ccc(OCC(=O)N/N=C\c2ccc(-c3ccc(Cl)cc3[N+](=O)[O-])o2)c(OC)c1. The summed E-state index contributed by atoms with van der Waals surface area (Å²) >= 11 is 5.86. The lowest BCUT2D eigenvalue weighted by Crippen LogP contribution is -2.45. The zero-order chi connectivity index (χ0) is 31.1. The summed E-state index contributed by atoms with van der Waals surface area (Å²) in [4.78, 5) is 47.8. The van der Waals surface area contributed by atoms with Crippen molar-refractivity contribution in [3.05, 3.63) is 86.3 Å². The summed E-state index contributed by atoms with van der Waals surface area (Å²) in [5.41, 5.74) is 3.44. The number of hydrogen-bond donors (Lipinski definition) is 3. The predicted molar refractivity (Wildman–Crippen MR) is 154 cm³/mol. The molecule has 3 aromatic rings. The number of amides is 3. The number of nitro benzene ring substituents is 1. The molecule has 0 saturated heterocycles. The molecular weight excluding hydrogens is 586 g/mol. The molecule has 0 spiro atoms. The molecule has 1 aliphatic heterocycles. The van der Waals surface area contributed by atoms with Crippen molar-refractivity contribution in [2.75, 3.05) is 20.3 Å². The Morgan fingerprint density at radius 1 is 1.19 bits per heavy atom. The number of allylic oxidation sites excluding steroid dienone is 1. The summed E-state index contributed by atoms with van der Waals surface area (Å²) in [6, 6.07) is 10.7. The highest BCUT2D eigenvalue weighted by molar-refractivity contribution is 6.30. The first-order valence-electron chi connectivity index (χ1n) is 12.7. The van der Waals surface area contributed by atoms with Gasteiger partial charge in [0.15, 0.2) is 18.1 Å². The van der Waals surface area contributed by atoms with Crippen molar-refractivity contribution in [1.29, 1.82) is 0 Å². The van der Waals surface area contributed by atoms with Gasteiger partial charge in [-0.05, 0) is 55.8 Å². The second-order valence-corrected chi connectivity index (χ2v) is 9.34. The molecule has 2 heterocycles. The number of methoxy groups -OCH3 is 1. The van der Waals surface area contributed by atoms with E-state index in [0.29, 0.717) is 11.3 Å². The zero-order valence-electron chi connectivity index (χ0n) is 23.1. The summed E-state index contributed by atoms with van der Waals surface area (Å²) in [5, 5.41) is 20.7. The van der Waals surface area contributed by atoms with Gasteiger partial charge in [0.1, 0.15) is 11.5 Å². The summed E-state index contributed by atoms with van der Waals surface area (Å²) in [6.07, 6.45) is 1.22. The Labute approximate surface area is 249 Å². The number of hydrazone groups is 1. The predicted octanol–water partition coefficient (Wildman–Crippen LogP) is 4.24. The fraction of sp³-hybridized carbons (Fsp3) is 0.214. The lowest BCUT2D eigenvalue weighted by molar-refractivity contribution is -0.384. The van der Waals surface area contributed by atoms with Gasteiger partial charge in [-0.1, -0.05) is 17.7 Å². The zero-order valence-corrected chi connectivity index (χ0v) is 23.9. The first-order chi connectivity index (χ1) is 20.6. The van der Waals surface area contributed by atoms with E-state index in [1.807, 2.05) is 0 Å². The standard InChI is InChI=1S/C28H26ClN5O9/c1-4-41-27(36)25-15(2)31-28(37)32-26(25)16-5-9-22(23(11-16)40-3)42-14-24(35)33-30-13-18-7-10-21(43-18)19-8-6-17(29)12-20(19)34(38)39/h5-13,26H,4,14H2,1-3H3,(H,33,35)(H2,31,32,37)/b30-13-/t26-/m0/s1. The molecule has 15 heteroatoms. The van der Waals surface area contributed by atoms with Crippen LogP contribution in [0.4, 0.5) is 10.5 Å². The van der Waals surface area contributed by atoms with Gasteiger partial charge < -0.3 is 29.3 Å². The summed E-state index contributed by atoms with van der Waals surface area (Å²) in [7, 11) is 1.40. The van der Waals surface area contributed by atoms with Crippen LogP contribution in [0.15, 0.2) is 69.3 Å². The minimum absolute atomic E-state index is 0.162. The lowest BCUT2D eigenvalue weighted by Gasteiger charge is -2.28. The van der Waals surface area contributed by atoms with Crippen molar-refractivity contribution >= 4 is 41.4 Å². The number of nitrogens with one attached hydrogen (secondary N) is 3. The third kappa shape index (κ3) is 7.29. The molecule has 0 radical (unpaired) electrons. The highest BCUT2D eigenvalue weighted by Crippen LogP contribution is 2.35. The second kappa shape index (κ2) is 13.5. The third-order valence-corrected chi connectivity index (χ3v) is 6.31. The van der Waals surface area contributed by atoms with E-state index in [9.17, 15) is 24.5 Å².